The summed E-state index contributed by atoms with van der Waals surface area (Å²) in [6.45, 7) is 0.0318. The summed E-state index contributed by atoms with van der Waals surface area (Å²) in [5, 5.41) is 25.1. The second-order valence-corrected chi connectivity index (χ2v) is 19.8. The van der Waals surface area contributed by atoms with E-state index in [-0.39, 0.29) is 88.7 Å². The molecule has 83 heavy (non-hydrogen) atoms. The lowest BCUT2D eigenvalue weighted by atomic mass is 10.0. The lowest BCUT2D eigenvalue weighted by Crippen LogP contribution is -2.60. The topological polar surface area (TPSA) is 508 Å². The number of guanidine groups is 2. The van der Waals surface area contributed by atoms with Gasteiger partial charge in [-0.15, -0.1) is 0 Å². The number of phenols is 1. The molecule has 0 spiro atoms. The summed E-state index contributed by atoms with van der Waals surface area (Å²) >= 11 is 0. The van der Waals surface area contributed by atoms with E-state index in [1.165, 1.54) is 36.3 Å². The molecule has 1 heterocycles. The van der Waals surface area contributed by atoms with Crippen molar-refractivity contribution in [2.75, 3.05) is 26.7 Å². The van der Waals surface area contributed by atoms with Gasteiger partial charge >= 0.3 is 0 Å². The largest absolute Gasteiger partial charge is 0.508 e. The van der Waals surface area contributed by atoms with Crippen molar-refractivity contribution in [1.82, 2.24) is 36.8 Å². The highest BCUT2D eigenvalue weighted by molar-refractivity contribution is 5.99. The summed E-state index contributed by atoms with van der Waals surface area (Å²) in [5.41, 5.74) is 46.9. The van der Waals surface area contributed by atoms with Crippen LogP contribution in [0, 0.1) is 0 Å². The zero-order chi connectivity index (χ0) is 61.2. The van der Waals surface area contributed by atoms with Crippen molar-refractivity contribution in [3.63, 3.8) is 0 Å². The predicted octanol–water partition coefficient (Wildman–Crippen LogP) is -4.61. The Labute approximate surface area is 479 Å². The maximum absolute atomic E-state index is 14.7. The second-order valence-electron chi connectivity index (χ2n) is 19.8. The fraction of sp³-hybridized carbons (Fsp3) is 0.444. The van der Waals surface area contributed by atoms with Crippen LogP contribution in [-0.2, 0) is 67.2 Å². The van der Waals surface area contributed by atoms with Crippen LogP contribution in [0.3, 0.4) is 0 Å². The number of rotatable bonds is 34. The standard InChI is InChI=1S/C54H77N17O12/c1-83-34-19-15-31(16-20-34)26-35(55)46(76)69-40(28-30-8-3-2-4-9-30)49(79)65-37(21-22-43(56)73)48(78)70-41(29-44(57)74)50(80)67-38(11-6-24-64-54(61)62)52(82)71-25-7-12-42(71)51(81)66-36(10-5-23-63-53(59)60)47(77)68-39(45(58)75)27-32-13-17-33(72)18-14-32/h2-4,8-9,13-20,35-42,72H,5-7,10-12,21-29,55H2,1H3,(H2,56,73)(H2,57,74)(H2,58,75)(H,65,79)(H,66,81)(H,67,80)(H,68,77)(H,69,76)(H,70,78)(H4,59,60,63)(H4,61,62,64)/t35-,36-,37-,38-,39-,40-,41-,42-/m0/s1. The Morgan fingerprint density at radius 1 is 0.566 bits per heavy atom. The summed E-state index contributed by atoms with van der Waals surface area (Å²) < 4.78 is 5.20. The van der Waals surface area contributed by atoms with Gasteiger partial charge in [0.2, 0.25) is 59.1 Å². The fourth-order valence-electron chi connectivity index (χ4n) is 8.90. The number of methoxy groups -OCH3 is 1. The maximum atomic E-state index is 14.7. The van der Waals surface area contributed by atoms with E-state index in [0.29, 0.717) is 28.9 Å². The monoisotopic (exact) mass is 1160 g/mol. The third-order valence-corrected chi connectivity index (χ3v) is 13.2. The quantitative estimate of drug-likeness (QED) is 0.0152. The maximum Gasteiger partial charge on any atom is 0.245 e. The normalized spacial score (nSPS) is 15.2. The van der Waals surface area contributed by atoms with Crippen LogP contribution in [0.5, 0.6) is 11.5 Å². The van der Waals surface area contributed by atoms with E-state index in [2.05, 4.69) is 41.9 Å². The number of carbonyl (C=O) groups is 10. The van der Waals surface area contributed by atoms with Gasteiger partial charge in [-0.25, -0.2) is 0 Å². The molecule has 29 nitrogen and oxygen atoms in total. The lowest BCUT2D eigenvalue weighted by Gasteiger charge is -2.31. The summed E-state index contributed by atoms with van der Waals surface area (Å²) in [6, 6.07) is 10.1. The van der Waals surface area contributed by atoms with Gasteiger partial charge in [0.25, 0.3) is 0 Å². The number of nitrogens with one attached hydrogen (secondary N) is 6. The molecule has 0 radical (unpaired) electrons. The fourth-order valence-corrected chi connectivity index (χ4v) is 8.90. The van der Waals surface area contributed by atoms with E-state index in [1.807, 2.05) is 0 Å². The Balaban J connectivity index is 1.57. The first kappa shape index (κ1) is 66.0. The number of nitrogens with two attached hydrogens (primary N) is 8. The number of aromatic hydroxyl groups is 1. The number of carbonyl (C=O) groups excluding carboxylic acids is 10. The van der Waals surface area contributed by atoms with Crippen LogP contribution in [0.25, 0.3) is 0 Å². The number of hydrogen-bond donors (Lipinski definition) is 15. The van der Waals surface area contributed by atoms with Crippen LogP contribution >= 0.6 is 0 Å². The highest BCUT2D eigenvalue weighted by atomic mass is 16.5. The van der Waals surface area contributed by atoms with Crippen LogP contribution < -0.4 is 82.5 Å². The summed E-state index contributed by atoms with van der Waals surface area (Å²) in [5.74, 6) is -8.92. The second kappa shape index (κ2) is 33.3. The number of amides is 10. The molecule has 1 fully saturated rings. The molecule has 450 valence electrons. The smallest absolute Gasteiger partial charge is 0.245 e. The molecule has 3 aromatic rings. The van der Waals surface area contributed by atoms with Gasteiger partial charge < -0.3 is 92.5 Å². The molecule has 8 atom stereocenters. The number of phenolic OH excluding ortho intramolecular Hbond substituents is 1. The molecule has 1 aliphatic rings. The zero-order valence-corrected chi connectivity index (χ0v) is 46.1. The third-order valence-electron chi connectivity index (χ3n) is 13.2. The van der Waals surface area contributed by atoms with Gasteiger partial charge in [-0.3, -0.25) is 57.9 Å². The molecule has 23 N–H and O–H groups in total. The lowest BCUT2D eigenvalue weighted by molar-refractivity contribution is -0.143. The number of ether oxygens (including phenoxy) is 1. The van der Waals surface area contributed by atoms with E-state index < -0.39 is 127 Å². The van der Waals surface area contributed by atoms with Gasteiger partial charge in [-0.1, -0.05) is 54.6 Å². The van der Waals surface area contributed by atoms with Crippen LogP contribution in [-0.4, -0.2) is 156 Å². The van der Waals surface area contributed by atoms with Gasteiger partial charge in [0, 0.05) is 38.9 Å². The highest BCUT2D eigenvalue weighted by Crippen LogP contribution is 2.21. The van der Waals surface area contributed by atoms with Crippen LogP contribution in [0.15, 0.2) is 88.8 Å². The molecule has 1 saturated heterocycles. The van der Waals surface area contributed by atoms with Gasteiger partial charge in [0.15, 0.2) is 11.9 Å². The molecule has 3 aromatic carbocycles. The molecule has 0 saturated carbocycles. The number of likely N-dealkylation sites (tertiary alicyclic amines) is 1. The first-order valence-corrected chi connectivity index (χ1v) is 26.7. The Morgan fingerprint density at radius 2 is 1.05 bits per heavy atom. The summed E-state index contributed by atoms with van der Waals surface area (Å²) in [4.78, 5) is 145. The van der Waals surface area contributed by atoms with Crippen LogP contribution in [0.2, 0.25) is 0 Å². The first-order chi connectivity index (χ1) is 39.4. The van der Waals surface area contributed by atoms with Crippen LogP contribution in [0.4, 0.5) is 0 Å². The van der Waals surface area contributed by atoms with Crippen molar-refractivity contribution in [3.05, 3.63) is 95.6 Å². The number of nitrogens with zero attached hydrogens (tertiary/aromatic N) is 3. The zero-order valence-electron chi connectivity index (χ0n) is 46.1. The van der Waals surface area contributed by atoms with E-state index >= 15 is 0 Å². The first-order valence-electron chi connectivity index (χ1n) is 26.7. The van der Waals surface area contributed by atoms with Crippen molar-refractivity contribution in [1.29, 1.82) is 0 Å². The minimum atomic E-state index is -1.81. The Morgan fingerprint density at radius 3 is 1.61 bits per heavy atom. The number of benzene rings is 3. The molecule has 1 aliphatic heterocycles. The van der Waals surface area contributed by atoms with E-state index in [0.717, 1.165) is 0 Å². The molecule has 0 aliphatic carbocycles. The Bertz CT molecular complexity index is 2780. The molecule has 4 rings (SSSR count). The average molecular weight is 1160 g/mol. The predicted molar refractivity (Wildman–Crippen MR) is 304 cm³/mol. The number of aliphatic imine (C=N–C) groups is 2. The van der Waals surface area contributed by atoms with Gasteiger partial charge in [-0.05, 0) is 92.3 Å². The SMILES string of the molecule is COc1ccc(C[C@H](N)C(=O)N[C@@H](Cc2ccccc2)C(=O)N[C@@H](CCC(N)=O)C(=O)N[C@@H](CC(N)=O)C(=O)N[C@@H](CCCN=C(N)N)C(=O)N2CCC[C@H]2C(=O)N[C@@H](CCCN=C(N)N)C(=O)N[C@@H](Cc2ccc(O)cc2)C(N)=O)cc1. The highest BCUT2D eigenvalue weighted by Gasteiger charge is 2.40. The average Bonchev–Trinajstić information content (AvgIpc) is 4.18. The van der Waals surface area contributed by atoms with Gasteiger partial charge in [0.05, 0.1) is 19.6 Å². The molecular weight excluding hydrogens is 1080 g/mol. The molecular formula is C54H77N17O12. The Kier molecular flexibility index (Phi) is 26.4. The van der Waals surface area contributed by atoms with Crippen molar-refractivity contribution in [3.8, 4) is 11.5 Å². The molecule has 0 bridgehead atoms. The molecule has 29 heteroatoms. The van der Waals surface area contributed by atoms with Crippen molar-refractivity contribution < 1.29 is 57.8 Å². The summed E-state index contributed by atoms with van der Waals surface area (Å²) in [7, 11) is 1.50. The van der Waals surface area contributed by atoms with E-state index in [1.54, 1.807) is 54.6 Å². The molecule has 0 unspecified atom stereocenters. The molecule has 0 aromatic heterocycles. The third kappa shape index (κ3) is 22.9. The molecule has 10 amide bonds. The minimum absolute atomic E-state index is 0.00204. The Hall–Kier alpha value is -9.54. The van der Waals surface area contributed by atoms with Gasteiger partial charge in [0.1, 0.15) is 53.8 Å². The van der Waals surface area contributed by atoms with Crippen molar-refractivity contribution >= 4 is 71.0 Å². The van der Waals surface area contributed by atoms with Gasteiger partial charge in [-0.2, -0.15) is 0 Å². The van der Waals surface area contributed by atoms with E-state index in [9.17, 15) is 53.1 Å². The van der Waals surface area contributed by atoms with Crippen molar-refractivity contribution in [2.24, 2.45) is 55.9 Å². The minimum Gasteiger partial charge on any atom is -0.508 e. The van der Waals surface area contributed by atoms with E-state index in [4.69, 9.17) is 50.6 Å². The number of hydrogen-bond acceptors (Lipinski definition) is 15. The number of primary amides is 3. The summed E-state index contributed by atoms with van der Waals surface area (Å²) in [6.07, 6.45) is -1.35. The van der Waals surface area contributed by atoms with Crippen molar-refractivity contribution in [2.45, 2.75) is 125 Å². The van der Waals surface area contributed by atoms with Crippen LogP contribution in [0.1, 0.15) is 74.5 Å².